The third kappa shape index (κ3) is 4.48. The van der Waals surface area contributed by atoms with E-state index >= 15 is 0 Å². The Morgan fingerprint density at radius 1 is 1.26 bits per heavy atom. The second-order valence-electron chi connectivity index (χ2n) is 5.99. The Hall–Kier alpha value is -3.26. The second kappa shape index (κ2) is 7.96. The number of carbonyl (C=O) groups is 1. The SMILES string of the molecule is Cc1nc(-c2ccc(CCNC(=O)c3ccc(N)c([N+](=O)[O-])c3)cc2)cs1. The van der Waals surface area contributed by atoms with Gasteiger partial charge in [-0.2, -0.15) is 0 Å². The first-order valence-corrected chi connectivity index (χ1v) is 9.15. The Labute approximate surface area is 160 Å². The standard InChI is InChI=1S/C19H18N4O3S/c1-12-22-17(11-27-12)14-4-2-13(3-5-14)8-9-21-19(24)15-6-7-16(20)18(10-15)23(25)26/h2-7,10-11H,8-9,20H2,1H3,(H,21,24). The second-order valence-corrected chi connectivity index (χ2v) is 7.05. The Bertz CT molecular complexity index is 983. The molecule has 138 valence electrons. The first-order chi connectivity index (χ1) is 12.9. The van der Waals surface area contributed by atoms with Crippen LogP contribution in [-0.2, 0) is 6.42 Å². The van der Waals surface area contributed by atoms with Crippen molar-refractivity contribution in [3.05, 3.63) is 74.1 Å². The summed E-state index contributed by atoms with van der Waals surface area (Å²) < 4.78 is 0. The molecule has 0 aliphatic heterocycles. The summed E-state index contributed by atoms with van der Waals surface area (Å²) in [5.41, 5.74) is 8.62. The number of hydrogen-bond donors (Lipinski definition) is 2. The minimum atomic E-state index is -0.600. The van der Waals surface area contributed by atoms with E-state index in [1.54, 1.807) is 11.3 Å². The third-order valence-corrected chi connectivity index (χ3v) is 4.83. The molecule has 0 radical (unpaired) electrons. The molecule has 0 saturated heterocycles. The number of aryl methyl sites for hydroxylation is 1. The molecule has 1 heterocycles. The maximum Gasteiger partial charge on any atom is 0.292 e. The van der Waals surface area contributed by atoms with E-state index in [0.29, 0.717) is 13.0 Å². The number of nitrogens with one attached hydrogen (secondary N) is 1. The molecule has 0 bridgehead atoms. The molecule has 2 aromatic carbocycles. The first-order valence-electron chi connectivity index (χ1n) is 8.27. The molecule has 0 saturated carbocycles. The predicted molar refractivity (Wildman–Crippen MR) is 106 cm³/mol. The van der Waals surface area contributed by atoms with Crippen molar-refractivity contribution < 1.29 is 9.72 Å². The molecule has 0 atom stereocenters. The highest BCUT2D eigenvalue weighted by atomic mass is 32.1. The van der Waals surface area contributed by atoms with Crippen molar-refractivity contribution in [2.75, 3.05) is 12.3 Å². The van der Waals surface area contributed by atoms with Crippen molar-refractivity contribution >= 4 is 28.6 Å². The van der Waals surface area contributed by atoms with Gasteiger partial charge in [0.15, 0.2) is 0 Å². The highest BCUT2D eigenvalue weighted by Gasteiger charge is 2.15. The summed E-state index contributed by atoms with van der Waals surface area (Å²) in [6.45, 7) is 2.40. The summed E-state index contributed by atoms with van der Waals surface area (Å²) in [7, 11) is 0. The Morgan fingerprint density at radius 2 is 2.00 bits per heavy atom. The quantitative estimate of drug-likeness (QED) is 0.384. The number of benzene rings is 2. The van der Waals surface area contributed by atoms with Crippen LogP contribution >= 0.6 is 11.3 Å². The van der Waals surface area contributed by atoms with Crippen LogP contribution in [0.25, 0.3) is 11.3 Å². The average molecular weight is 382 g/mol. The van der Waals surface area contributed by atoms with Gasteiger partial charge in [-0.1, -0.05) is 24.3 Å². The zero-order chi connectivity index (χ0) is 19.4. The van der Waals surface area contributed by atoms with Crippen molar-refractivity contribution in [1.82, 2.24) is 10.3 Å². The molecule has 0 spiro atoms. The number of nitrogens with zero attached hydrogens (tertiary/aromatic N) is 2. The van der Waals surface area contributed by atoms with Crippen LogP contribution < -0.4 is 11.1 Å². The largest absolute Gasteiger partial charge is 0.393 e. The van der Waals surface area contributed by atoms with Crippen LogP contribution in [0, 0.1) is 17.0 Å². The van der Waals surface area contributed by atoms with E-state index in [-0.39, 0.29) is 22.8 Å². The maximum absolute atomic E-state index is 12.2. The van der Waals surface area contributed by atoms with Crippen LogP contribution in [0.15, 0.2) is 47.8 Å². The first kappa shape index (κ1) is 18.5. The topological polar surface area (TPSA) is 111 Å². The predicted octanol–water partition coefficient (Wildman–Crippen LogP) is 3.58. The number of amides is 1. The molecule has 0 aliphatic carbocycles. The molecular weight excluding hydrogens is 364 g/mol. The molecule has 3 N–H and O–H groups in total. The molecular formula is C19H18N4O3S. The Morgan fingerprint density at radius 3 is 2.63 bits per heavy atom. The van der Waals surface area contributed by atoms with Gasteiger partial charge in [-0.15, -0.1) is 11.3 Å². The van der Waals surface area contributed by atoms with Gasteiger partial charge in [-0.3, -0.25) is 14.9 Å². The summed E-state index contributed by atoms with van der Waals surface area (Å²) in [5.74, 6) is -0.368. The molecule has 8 heteroatoms. The van der Waals surface area contributed by atoms with Gasteiger partial charge in [0.25, 0.3) is 11.6 Å². The molecule has 1 amide bonds. The number of nitrogen functional groups attached to an aromatic ring is 1. The highest BCUT2D eigenvalue weighted by molar-refractivity contribution is 7.09. The number of nitro benzene ring substituents is 1. The van der Waals surface area contributed by atoms with E-state index in [1.807, 2.05) is 36.6 Å². The van der Waals surface area contributed by atoms with Crippen LogP contribution in [0.5, 0.6) is 0 Å². The van der Waals surface area contributed by atoms with Crippen molar-refractivity contribution in [3.63, 3.8) is 0 Å². The fourth-order valence-electron chi connectivity index (χ4n) is 2.60. The van der Waals surface area contributed by atoms with Crippen molar-refractivity contribution in [3.8, 4) is 11.3 Å². The lowest BCUT2D eigenvalue weighted by Gasteiger charge is -2.07. The molecule has 7 nitrogen and oxygen atoms in total. The van der Waals surface area contributed by atoms with Crippen molar-refractivity contribution in [2.45, 2.75) is 13.3 Å². The van der Waals surface area contributed by atoms with Crippen molar-refractivity contribution in [1.29, 1.82) is 0 Å². The molecule has 3 aromatic rings. The van der Waals surface area contributed by atoms with Gasteiger partial charge >= 0.3 is 0 Å². The number of nitro groups is 1. The van der Waals surface area contributed by atoms with E-state index in [1.165, 1.54) is 18.2 Å². The van der Waals surface area contributed by atoms with Crippen LogP contribution in [0.4, 0.5) is 11.4 Å². The summed E-state index contributed by atoms with van der Waals surface area (Å²) in [4.78, 5) is 27.0. The van der Waals surface area contributed by atoms with Crippen LogP contribution in [-0.4, -0.2) is 22.4 Å². The fraction of sp³-hybridized carbons (Fsp3) is 0.158. The lowest BCUT2D eigenvalue weighted by Crippen LogP contribution is -2.25. The number of carbonyl (C=O) groups excluding carboxylic acids is 1. The van der Waals surface area contributed by atoms with E-state index < -0.39 is 4.92 Å². The van der Waals surface area contributed by atoms with Gasteiger partial charge in [-0.05, 0) is 31.0 Å². The number of anilines is 1. The molecule has 3 rings (SSSR count). The summed E-state index contributed by atoms with van der Waals surface area (Å²) in [5, 5.41) is 16.7. The number of aromatic nitrogens is 1. The summed E-state index contributed by atoms with van der Waals surface area (Å²) in [6, 6.07) is 12.1. The minimum absolute atomic E-state index is 0.0342. The number of rotatable bonds is 6. The van der Waals surface area contributed by atoms with Gasteiger partial charge < -0.3 is 11.1 Å². The molecule has 0 unspecified atom stereocenters. The van der Waals surface area contributed by atoms with Crippen LogP contribution in [0.1, 0.15) is 20.9 Å². The van der Waals surface area contributed by atoms with E-state index in [9.17, 15) is 14.9 Å². The third-order valence-electron chi connectivity index (χ3n) is 4.06. The lowest BCUT2D eigenvalue weighted by atomic mass is 10.1. The maximum atomic E-state index is 12.2. The Balaban J connectivity index is 1.57. The smallest absolute Gasteiger partial charge is 0.292 e. The minimum Gasteiger partial charge on any atom is -0.393 e. The van der Waals surface area contributed by atoms with Gasteiger partial charge in [0.2, 0.25) is 0 Å². The fourth-order valence-corrected chi connectivity index (χ4v) is 3.23. The van der Waals surface area contributed by atoms with E-state index in [4.69, 9.17) is 5.73 Å². The van der Waals surface area contributed by atoms with Crippen molar-refractivity contribution in [2.24, 2.45) is 0 Å². The van der Waals surface area contributed by atoms with Gasteiger partial charge in [0, 0.05) is 29.1 Å². The zero-order valence-electron chi connectivity index (χ0n) is 14.6. The molecule has 27 heavy (non-hydrogen) atoms. The number of thiazole rings is 1. The van der Waals surface area contributed by atoms with Crippen LogP contribution in [0.2, 0.25) is 0 Å². The molecule has 0 fully saturated rings. The molecule has 1 aromatic heterocycles. The summed E-state index contributed by atoms with van der Waals surface area (Å²) >= 11 is 1.61. The number of nitrogens with two attached hydrogens (primary N) is 1. The zero-order valence-corrected chi connectivity index (χ0v) is 15.5. The lowest BCUT2D eigenvalue weighted by molar-refractivity contribution is -0.383. The van der Waals surface area contributed by atoms with Gasteiger partial charge in [0.1, 0.15) is 5.69 Å². The highest BCUT2D eigenvalue weighted by Crippen LogP contribution is 2.23. The van der Waals surface area contributed by atoms with E-state index in [2.05, 4.69) is 10.3 Å². The van der Waals surface area contributed by atoms with Crippen LogP contribution in [0.3, 0.4) is 0 Å². The monoisotopic (exact) mass is 382 g/mol. The molecule has 0 aliphatic rings. The Kier molecular flexibility index (Phi) is 5.46. The number of hydrogen-bond acceptors (Lipinski definition) is 6. The normalized spacial score (nSPS) is 10.6. The van der Waals surface area contributed by atoms with Gasteiger partial charge in [-0.25, -0.2) is 4.98 Å². The van der Waals surface area contributed by atoms with Gasteiger partial charge in [0.05, 0.1) is 15.6 Å². The van der Waals surface area contributed by atoms with E-state index in [0.717, 1.165) is 21.8 Å². The summed E-state index contributed by atoms with van der Waals surface area (Å²) in [6.07, 6.45) is 0.652. The average Bonchev–Trinajstić information content (AvgIpc) is 3.08.